The van der Waals surface area contributed by atoms with Gasteiger partial charge in [0.2, 0.25) is 0 Å². The average molecular weight is 275 g/mol. The van der Waals surface area contributed by atoms with Crippen molar-refractivity contribution in [1.29, 1.82) is 0 Å². The summed E-state index contributed by atoms with van der Waals surface area (Å²) in [6, 6.07) is 8.55. The van der Waals surface area contributed by atoms with Crippen LogP contribution in [0.1, 0.15) is 37.6 Å². The predicted octanol–water partition coefficient (Wildman–Crippen LogP) is 3.61. The molecule has 0 aliphatic rings. The molecule has 1 aromatic heterocycles. The SMILES string of the molecule is CCCn1cncc1CSc1cccc(C(C)N)c1. The third kappa shape index (κ3) is 3.85. The summed E-state index contributed by atoms with van der Waals surface area (Å²) >= 11 is 1.83. The minimum absolute atomic E-state index is 0.0890. The molecule has 2 aromatic rings. The second kappa shape index (κ2) is 6.78. The fraction of sp³-hybridized carbons (Fsp3) is 0.400. The molecule has 0 saturated carbocycles. The summed E-state index contributed by atoms with van der Waals surface area (Å²) in [6.07, 6.45) is 5.00. The van der Waals surface area contributed by atoms with Crippen LogP contribution in [-0.4, -0.2) is 9.55 Å². The largest absolute Gasteiger partial charge is 0.334 e. The molecule has 0 radical (unpaired) electrons. The van der Waals surface area contributed by atoms with Crippen molar-refractivity contribution < 1.29 is 0 Å². The number of thioether (sulfide) groups is 1. The minimum Gasteiger partial charge on any atom is -0.334 e. The average Bonchev–Trinajstić information content (AvgIpc) is 2.85. The van der Waals surface area contributed by atoms with Gasteiger partial charge in [0.05, 0.1) is 6.33 Å². The first-order chi connectivity index (χ1) is 9.20. The summed E-state index contributed by atoms with van der Waals surface area (Å²) < 4.78 is 2.22. The highest BCUT2D eigenvalue weighted by molar-refractivity contribution is 7.98. The monoisotopic (exact) mass is 275 g/mol. The van der Waals surface area contributed by atoms with Gasteiger partial charge in [0, 0.05) is 35.1 Å². The zero-order valence-electron chi connectivity index (χ0n) is 11.5. The van der Waals surface area contributed by atoms with Gasteiger partial charge in [-0.15, -0.1) is 11.8 Å². The third-order valence-electron chi connectivity index (χ3n) is 3.03. The minimum atomic E-state index is 0.0890. The van der Waals surface area contributed by atoms with Crippen LogP contribution in [0.4, 0.5) is 0 Å². The van der Waals surface area contributed by atoms with E-state index in [1.165, 1.54) is 16.2 Å². The highest BCUT2D eigenvalue weighted by Crippen LogP contribution is 2.25. The molecule has 2 N–H and O–H groups in total. The van der Waals surface area contributed by atoms with E-state index in [9.17, 15) is 0 Å². The Labute approximate surface area is 119 Å². The van der Waals surface area contributed by atoms with E-state index >= 15 is 0 Å². The maximum absolute atomic E-state index is 5.91. The van der Waals surface area contributed by atoms with E-state index in [0.717, 1.165) is 18.7 Å². The normalized spacial score (nSPS) is 12.6. The maximum Gasteiger partial charge on any atom is 0.0948 e. The van der Waals surface area contributed by atoms with Crippen molar-refractivity contribution in [2.45, 2.75) is 43.5 Å². The molecule has 0 aliphatic heterocycles. The number of rotatable bonds is 6. The third-order valence-corrected chi connectivity index (χ3v) is 4.06. The summed E-state index contributed by atoms with van der Waals surface area (Å²) in [7, 11) is 0. The molecule has 19 heavy (non-hydrogen) atoms. The standard InChI is InChI=1S/C15H21N3S/c1-3-7-18-11-17-9-14(18)10-19-15-6-4-5-13(8-15)12(2)16/h4-6,8-9,11-12H,3,7,10,16H2,1-2H3. The molecule has 0 saturated heterocycles. The molecule has 0 spiro atoms. The lowest BCUT2D eigenvalue weighted by Gasteiger charge is -2.09. The number of aryl methyl sites for hydroxylation is 1. The number of benzene rings is 1. The van der Waals surface area contributed by atoms with Gasteiger partial charge in [-0.05, 0) is 31.0 Å². The molecule has 3 nitrogen and oxygen atoms in total. The number of hydrogen-bond acceptors (Lipinski definition) is 3. The van der Waals surface area contributed by atoms with Crippen LogP contribution in [0.2, 0.25) is 0 Å². The van der Waals surface area contributed by atoms with Crippen molar-refractivity contribution in [2.75, 3.05) is 0 Å². The van der Waals surface area contributed by atoms with Crippen LogP contribution in [-0.2, 0) is 12.3 Å². The second-order valence-corrected chi connectivity index (χ2v) is 5.78. The van der Waals surface area contributed by atoms with Crippen molar-refractivity contribution in [3.63, 3.8) is 0 Å². The van der Waals surface area contributed by atoms with Crippen LogP contribution in [0.15, 0.2) is 41.7 Å². The molecule has 102 valence electrons. The Hall–Kier alpha value is -1.26. The summed E-state index contributed by atoms with van der Waals surface area (Å²) in [6.45, 7) is 5.24. The number of nitrogens with zero attached hydrogens (tertiary/aromatic N) is 2. The summed E-state index contributed by atoms with van der Waals surface area (Å²) in [5.74, 6) is 0.947. The Kier molecular flexibility index (Phi) is 5.05. The highest BCUT2D eigenvalue weighted by Gasteiger charge is 2.04. The summed E-state index contributed by atoms with van der Waals surface area (Å²) in [5, 5.41) is 0. The van der Waals surface area contributed by atoms with E-state index in [1.54, 1.807) is 0 Å². The molecule has 1 heterocycles. The molecule has 4 heteroatoms. The maximum atomic E-state index is 5.91. The molecular weight excluding hydrogens is 254 g/mol. The van der Waals surface area contributed by atoms with Crippen LogP contribution in [0, 0.1) is 0 Å². The van der Waals surface area contributed by atoms with Crippen molar-refractivity contribution in [3.8, 4) is 0 Å². The Balaban J connectivity index is 2.02. The van der Waals surface area contributed by atoms with E-state index in [0.29, 0.717) is 0 Å². The van der Waals surface area contributed by atoms with Gasteiger partial charge in [0.1, 0.15) is 0 Å². The number of imidazole rings is 1. The fourth-order valence-electron chi connectivity index (χ4n) is 1.96. The van der Waals surface area contributed by atoms with Crippen molar-refractivity contribution in [1.82, 2.24) is 9.55 Å². The van der Waals surface area contributed by atoms with Gasteiger partial charge in [0.25, 0.3) is 0 Å². The lowest BCUT2D eigenvalue weighted by atomic mass is 10.1. The first-order valence-corrected chi connectivity index (χ1v) is 7.66. The molecular formula is C15H21N3S. The fourth-order valence-corrected chi connectivity index (χ4v) is 2.90. The zero-order valence-corrected chi connectivity index (χ0v) is 12.4. The van der Waals surface area contributed by atoms with Gasteiger partial charge >= 0.3 is 0 Å². The van der Waals surface area contributed by atoms with E-state index in [2.05, 4.69) is 40.7 Å². The first kappa shape index (κ1) is 14.2. The van der Waals surface area contributed by atoms with E-state index in [1.807, 2.05) is 31.2 Å². The van der Waals surface area contributed by atoms with Gasteiger partial charge in [-0.1, -0.05) is 19.1 Å². The van der Waals surface area contributed by atoms with Crippen LogP contribution in [0.3, 0.4) is 0 Å². The summed E-state index contributed by atoms with van der Waals surface area (Å²) in [5.41, 5.74) is 8.38. The molecule has 0 bridgehead atoms. The van der Waals surface area contributed by atoms with Crippen LogP contribution >= 0.6 is 11.8 Å². The number of hydrogen-bond donors (Lipinski definition) is 1. The molecule has 1 unspecified atom stereocenters. The molecule has 0 fully saturated rings. The van der Waals surface area contributed by atoms with E-state index < -0.39 is 0 Å². The van der Waals surface area contributed by atoms with Gasteiger partial charge in [-0.2, -0.15) is 0 Å². The van der Waals surface area contributed by atoms with Gasteiger partial charge in [-0.25, -0.2) is 4.98 Å². The number of nitrogens with two attached hydrogens (primary N) is 1. The topological polar surface area (TPSA) is 43.8 Å². The first-order valence-electron chi connectivity index (χ1n) is 6.68. The zero-order chi connectivity index (χ0) is 13.7. The van der Waals surface area contributed by atoms with Crippen molar-refractivity contribution in [2.24, 2.45) is 5.73 Å². The quantitative estimate of drug-likeness (QED) is 0.819. The smallest absolute Gasteiger partial charge is 0.0948 e. The highest BCUT2D eigenvalue weighted by atomic mass is 32.2. The van der Waals surface area contributed by atoms with Crippen molar-refractivity contribution >= 4 is 11.8 Å². The molecule has 1 atom stereocenters. The molecule has 0 aliphatic carbocycles. The lowest BCUT2D eigenvalue weighted by Crippen LogP contribution is -2.04. The Morgan fingerprint density at radius 3 is 3.00 bits per heavy atom. The molecule has 2 rings (SSSR count). The predicted molar refractivity (Wildman–Crippen MR) is 81.1 cm³/mol. The van der Waals surface area contributed by atoms with Crippen LogP contribution < -0.4 is 5.73 Å². The van der Waals surface area contributed by atoms with Crippen LogP contribution in [0.5, 0.6) is 0 Å². The lowest BCUT2D eigenvalue weighted by molar-refractivity contribution is 0.659. The summed E-state index contributed by atoms with van der Waals surface area (Å²) in [4.78, 5) is 5.49. The van der Waals surface area contributed by atoms with Gasteiger partial charge < -0.3 is 10.3 Å². The Bertz CT molecular complexity index is 520. The van der Waals surface area contributed by atoms with Gasteiger partial charge in [0.15, 0.2) is 0 Å². The van der Waals surface area contributed by atoms with E-state index in [4.69, 9.17) is 5.73 Å². The Morgan fingerprint density at radius 2 is 2.26 bits per heavy atom. The number of aromatic nitrogens is 2. The Morgan fingerprint density at radius 1 is 1.42 bits per heavy atom. The van der Waals surface area contributed by atoms with E-state index in [-0.39, 0.29) is 6.04 Å². The molecule has 1 aromatic carbocycles. The van der Waals surface area contributed by atoms with Crippen LogP contribution in [0.25, 0.3) is 0 Å². The van der Waals surface area contributed by atoms with Crippen molar-refractivity contribution in [3.05, 3.63) is 48.0 Å². The molecule has 0 amide bonds. The second-order valence-electron chi connectivity index (χ2n) is 4.73. The van der Waals surface area contributed by atoms with Gasteiger partial charge in [-0.3, -0.25) is 0 Å².